The van der Waals surface area contributed by atoms with Crippen LogP contribution in [0.25, 0.3) is 0 Å². The SMILES string of the molecule is O.O=S(=O)(O)O.O=S(=O)([O-])[O-].S.[Mg+2]. The summed E-state index contributed by atoms with van der Waals surface area (Å²) in [5.74, 6) is 0. The molecule has 0 aromatic carbocycles. The van der Waals surface area contributed by atoms with Gasteiger partial charge in [0.2, 0.25) is 0 Å². The number of rotatable bonds is 0. The van der Waals surface area contributed by atoms with Crippen molar-refractivity contribution in [1.82, 2.24) is 0 Å². The second kappa shape index (κ2) is 10.9. The molecule has 0 aromatic heterocycles. The average molecular weight is 271 g/mol. The van der Waals surface area contributed by atoms with Crippen molar-refractivity contribution < 1.29 is 40.5 Å². The summed E-state index contributed by atoms with van der Waals surface area (Å²) in [6.07, 6.45) is 0. The van der Waals surface area contributed by atoms with Gasteiger partial charge in [-0.15, -0.1) is 0 Å². The summed E-state index contributed by atoms with van der Waals surface area (Å²) in [6, 6.07) is 0. The maximum Gasteiger partial charge on any atom is 2.00 e. The van der Waals surface area contributed by atoms with Crippen LogP contribution in [0.5, 0.6) is 0 Å². The molecule has 0 amide bonds. The third kappa shape index (κ3) is 2250. The minimum absolute atomic E-state index is 0. The smallest absolute Gasteiger partial charge is 0.759 e. The molecule has 0 aromatic rings. The van der Waals surface area contributed by atoms with E-state index in [1.165, 1.54) is 0 Å². The normalized spacial score (nSPS) is 8.92. The molecule has 0 saturated carbocycles. The molecule has 0 rings (SSSR count). The number of hydrogen-bond donors (Lipinski definition) is 2. The van der Waals surface area contributed by atoms with E-state index < -0.39 is 20.8 Å². The van der Waals surface area contributed by atoms with Crippen molar-refractivity contribution in [1.29, 1.82) is 0 Å². The van der Waals surface area contributed by atoms with Crippen LogP contribution >= 0.6 is 13.5 Å². The van der Waals surface area contributed by atoms with E-state index in [-0.39, 0.29) is 42.0 Å². The average Bonchev–Trinajstić information content (AvgIpc) is 1.12. The summed E-state index contributed by atoms with van der Waals surface area (Å²) >= 11 is 0. The van der Waals surface area contributed by atoms with E-state index in [1.54, 1.807) is 0 Å². The van der Waals surface area contributed by atoms with Gasteiger partial charge in [0.25, 0.3) is 0 Å². The molecule has 0 unspecified atom stereocenters. The first kappa shape index (κ1) is 29.2. The van der Waals surface area contributed by atoms with Gasteiger partial charge in [-0.25, -0.2) is 0 Å². The van der Waals surface area contributed by atoms with Crippen molar-refractivity contribution in [3.8, 4) is 0 Å². The van der Waals surface area contributed by atoms with Gasteiger partial charge in [-0.1, -0.05) is 0 Å². The molecule has 13 heavy (non-hydrogen) atoms. The van der Waals surface area contributed by atoms with Crippen molar-refractivity contribution in [2.75, 3.05) is 0 Å². The first-order valence-electron chi connectivity index (χ1n) is 1.37. The first-order chi connectivity index (χ1) is 4.00. The van der Waals surface area contributed by atoms with Crippen LogP contribution in [-0.2, 0) is 20.8 Å². The fraction of sp³-hybridized carbons (Fsp3) is 0. The molecular weight excluding hydrogens is 264 g/mol. The second-order valence-corrected chi connectivity index (χ2v) is 2.57. The van der Waals surface area contributed by atoms with Crippen molar-refractivity contribution in [2.24, 2.45) is 0 Å². The third-order valence-electron chi connectivity index (χ3n) is 0. The molecule has 0 atom stereocenters. The van der Waals surface area contributed by atoms with E-state index >= 15 is 0 Å². The van der Waals surface area contributed by atoms with Crippen LogP contribution in [0.2, 0.25) is 0 Å². The minimum Gasteiger partial charge on any atom is -0.759 e. The summed E-state index contributed by atoms with van der Waals surface area (Å²) in [5.41, 5.74) is 0. The second-order valence-electron chi connectivity index (χ2n) is 0.856. The number of hydrogen-bond acceptors (Lipinski definition) is 6. The Balaban J connectivity index is -0.0000000267. The Morgan fingerprint density at radius 1 is 0.923 bits per heavy atom. The fourth-order valence-electron chi connectivity index (χ4n) is 0. The van der Waals surface area contributed by atoms with Crippen LogP contribution in [-0.4, -0.2) is 63.6 Å². The van der Waals surface area contributed by atoms with Crippen LogP contribution < -0.4 is 0 Å². The Kier molecular flexibility index (Phi) is 24.5. The molecule has 0 saturated heterocycles. The van der Waals surface area contributed by atoms with Gasteiger partial charge in [0.05, 0.1) is 0 Å². The summed E-state index contributed by atoms with van der Waals surface area (Å²) in [6.45, 7) is 0. The van der Waals surface area contributed by atoms with Gasteiger partial charge in [-0.2, -0.15) is 21.9 Å². The molecule has 13 heteroatoms. The van der Waals surface area contributed by atoms with Crippen molar-refractivity contribution in [2.45, 2.75) is 0 Å². The van der Waals surface area contributed by atoms with Crippen LogP contribution in [0.1, 0.15) is 0 Å². The molecular formula is H6MgO9S3. The fourth-order valence-corrected chi connectivity index (χ4v) is 0. The van der Waals surface area contributed by atoms with E-state index in [9.17, 15) is 0 Å². The summed E-state index contributed by atoms with van der Waals surface area (Å²) in [7, 11) is -9.83. The molecule has 0 fully saturated rings. The topological polar surface area (TPSA) is 186 Å². The largest absolute Gasteiger partial charge is 2.00 e. The van der Waals surface area contributed by atoms with Crippen molar-refractivity contribution in [3.63, 3.8) is 0 Å². The summed E-state index contributed by atoms with van der Waals surface area (Å²) in [5, 5.41) is 0. The monoisotopic (exact) mass is 270 g/mol. The molecule has 80 valence electrons. The van der Waals surface area contributed by atoms with Crippen molar-refractivity contribution in [3.05, 3.63) is 0 Å². The molecule has 0 bridgehead atoms. The van der Waals surface area contributed by atoms with Gasteiger partial charge >= 0.3 is 33.5 Å². The van der Waals surface area contributed by atoms with Gasteiger partial charge in [0.15, 0.2) is 0 Å². The van der Waals surface area contributed by atoms with Gasteiger partial charge in [0.1, 0.15) is 0 Å². The van der Waals surface area contributed by atoms with Gasteiger partial charge in [0, 0.05) is 10.4 Å². The van der Waals surface area contributed by atoms with E-state index in [4.69, 9.17) is 35.0 Å². The Morgan fingerprint density at radius 3 is 0.923 bits per heavy atom. The molecule has 0 heterocycles. The van der Waals surface area contributed by atoms with Crippen LogP contribution in [0.15, 0.2) is 0 Å². The van der Waals surface area contributed by atoms with Crippen LogP contribution in [0.3, 0.4) is 0 Å². The minimum atomic E-state index is -5.17. The quantitative estimate of drug-likeness (QED) is 0.263. The van der Waals surface area contributed by atoms with Crippen LogP contribution in [0.4, 0.5) is 0 Å². The standard InChI is InChI=1S/Mg.2H2O4S.H2O.H2S/c;2*1-5(2,3)4;;/h;2*(H2,1,2,3,4);2*1H2/q+2;;;;/p-2. The van der Waals surface area contributed by atoms with E-state index in [0.717, 1.165) is 0 Å². The molecule has 0 spiro atoms. The Bertz CT molecular complexity index is 211. The zero-order valence-electron chi connectivity index (χ0n) is 5.87. The van der Waals surface area contributed by atoms with E-state index in [0.29, 0.717) is 0 Å². The summed E-state index contributed by atoms with van der Waals surface area (Å²) in [4.78, 5) is 0. The molecule has 0 aliphatic heterocycles. The molecule has 0 aliphatic carbocycles. The predicted octanol–water partition coefficient (Wildman–Crippen LogP) is -3.08. The Hall–Kier alpha value is 0.816. The zero-order chi connectivity index (χ0) is 9.00. The predicted molar refractivity (Wildman–Crippen MR) is 44.4 cm³/mol. The van der Waals surface area contributed by atoms with Gasteiger partial charge < -0.3 is 14.6 Å². The van der Waals surface area contributed by atoms with Crippen LogP contribution in [0, 0.1) is 0 Å². The third-order valence-corrected chi connectivity index (χ3v) is 0. The zero-order valence-corrected chi connectivity index (χ0v) is 9.91. The van der Waals surface area contributed by atoms with E-state index in [2.05, 4.69) is 0 Å². The molecule has 9 nitrogen and oxygen atoms in total. The summed E-state index contributed by atoms with van der Waals surface area (Å²) < 4.78 is 65.7. The van der Waals surface area contributed by atoms with Gasteiger partial charge in [-0.3, -0.25) is 17.5 Å². The Morgan fingerprint density at radius 2 is 0.923 bits per heavy atom. The van der Waals surface area contributed by atoms with E-state index in [1.807, 2.05) is 0 Å². The maximum atomic E-state index is 8.74. The first-order valence-corrected chi connectivity index (χ1v) is 4.10. The maximum absolute atomic E-state index is 8.74. The molecule has 4 N–H and O–H groups in total. The van der Waals surface area contributed by atoms with Crippen molar-refractivity contribution >= 4 is 57.3 Å². The van der Waals surface area contributed by atoms with Gasteiger partial charge in [-0.05, 0) is 0 Å². The molecule has 0 radical (unpaired) electrons. The Labute approximate surface area is 97.6 Å². The molecule has 0 aliphatic rings.